The maximum absolute atomic E-state index is 6.06. The molecule has 2 rings (SSSR count). The minimum absolute atomic E-state index is 0.564. The van der Waals surface area contributed by atoms with Crippen molar-refractivity contribution in [2.24, 2.45) is 0 Å². The smallest absolute Gasteiger partial charge is 0.137 e. The van der Waals surface area contributed by atoms with E-state index in [1.807, 2.05) is 36.4 Å². The molecule has 0 saturated carbocycles. The largest absolute Gasteiger partial charge is 0.495 e. The van der Waals surface area contributed by atoms with Crippen molar-refractivity contribution >= 4 is 44.6 Å². The van der Waals surface area contributed by atoms with Gasteiger partial charge in [0.05, 0.1) is 17.8 Å². The number of methoxy groups -OCH3 is 1. The zero-order valence-electron chi connectivity index (χ0n) is 9.71. The van der Waals surface area contributed by atoms with Gasteiger partial charge in [-0.3, -0.25) is 0 Å². The second-order valence-corrected chi connectivity index (χ2v) is 4.98. The van der Waals surface area contributed by atoms with E-state index in [-0.39, 0.29) is 0 Å². The molecule has 0 atom stereocenters. The van der Waals surface area contributed by atoms with Gasteiger partial charge in [-0.05, 0) is 52.3 Å². The van der Waals surface area contributed by atoms with E-state index >= 15 is 0 Å². The van der Waals surface area contributed by atoms with E-state index in [2.05, 4.69) is 21.2 Å². The summed E-state index contributed by atoms with van der Waals surface area (Å²) in [6, 6.07) is 11.1. The van der Waals surface area contributed by atoms with Crippen LogP contribution in [0.2, 0.25) is 5.02 Å². The Morgan fingerprint density at radius 1 is 1.22 bits per heavy atom. The van der Waals surface area contributed by atoms with Crippen LogP contribution >= 0.6 is 27.5 Å². The molecule has 0 amide bonds. The third kappa shape index (κ3) is 2.89. The van der Waals surface area contributed by atoms with Gasteiger partial charge in [-0.1, -0.05) is 11.6 Å². The highest BCUT2D eigenvalue weighted by Gasteiger charge is 2.04. The minimum Gasteiger partial charge on any atom is -0.495 e. The maximum atomic E-state index is 6.06. The molecule has 18 heavy (non-hydrogen) atoms. The first-order valence-electron chi connectivity index (χ1n) is 5.26. The van der Waals surface area contributed by atoms with Crippen molar-refractivity contribution < 1.29 is 4.74 Å². The first-order chi connectivity index (χ1) is 8.60. The van der Waals surface area contributed by atoms with Crippen LogP contribution in [0.3, 0.4) is 0 Å². The molecule has 0 saturated heterocycles. The number of halogens is 2. The summed E-state index contributed by atoms with van der Waals surface area (Å²) in [6.45, 7) is 0. The number of hydrogen-bond donors (Lipinski definition) is 2. The number of nitrogens with one attached hydrogen (secondary N) is 1. The summed E-state index contributed by atoms with van der Waals surface area (Å²) in [7, 11) is 1.59. The monoisotopic (exact) mass is 326 g/mol. The maximum Gasteiger partial charge on any atom is 0.137 e. The molecule has 0 aliphatic carbocycles. The summed E-state index contributed by atoms with van der Waals surface area (Å²) in [6.07, 6.45) is 0. The number of hydrogen-bond acceptors (Lipinski definition) is 3. The third-order valence-electron chi connectivity index (χ3n) is 2.42. The van der Waals surface area contributed by atoms with Gasteiger partial charge in [0, 0.05) is 15.8 Å². The van der Waals surface area contributed by atoms with Crippen molar-refractivity contribution in [2.45, 2.75) is 0 Å². The van der Waals surface area contributed by atoms with Crippen LogP contribution in [-0.4, -0.2) is 7.11 Å². The Labute approximate surface area is 119 Å². The van der Waals surface area contributed by atoms with E-state index in [4.69, 9.17) is 22.1 Å². The fourth-order valence-electron chi connectivity index (χ4n) is 1.53. The average molecular weight is 328 g/mol. The van der Waals surface area contributed by atoms with Crippen molar-refractivity contribution in [1.29, 1.82) is 0 Å². The van der Waals surface area contributed by atoms with Gasteiger partial charge < -0.3 is 15.8 Å². The highest BCUT2D eigenvalue weighted by molar-refractivity contribution is 9.10. The molecular formula is C13H12BrClN2O. The van der Waals surface area contributed by atoms with Crippen LogP contribution < -0.4 is 15.8 Å². The van der Waals surface area contributed by atoms with Crippen LogP contribution in [0.5, 0.6) is 5.75 Å². The molecule has 0 heterocycles. The van der Waals surface area contributed by atoms with Crippen LogP contribution in [0.25, 0.3) is 0 Å². The molecule has 0 fully saturated rings. The fraction of sp³-hybridized carbons (Fsp3) is 0.0769. The Morgan fingerprint density at radius 2 is 2.00 bits per heavy atom. The lowest BCUT2D eigenvalue weighted by molar-refractivity contribution is 0.415. The lowest BCUT2D eigenvalue weighted by Crippen LogP contribution is -1.93. The molecular weight excluding hydrogens is 316 g/mol. The Balaban J connectivity index is 2.26. The zero-order chi connectivity index (χ0) is 13.1. The van der Waals surface area contributed by atoms with Gasteiger partial charge in [0.1, 0.15) is 5.75 Å². The number of ether oxygens (including phenoxy) is 1. The lowest BCUT2D eigenvalue weighted by Gasteiger charge is -2.11. The van der Waals surface area contributed by atoms with Crippen LogP contribution in [0.15, 0.2) is 40.9 Å². The molecule has 0 unspecified atom stereocenters. The van der Waals surface area contributed by atoms with Gasteiger partial charge in [-0.2, -0.15) is 0 Å². The molecule has 0 aliphatic rings. The molecule has 0 aromatic heterocycles. The first kappa shape index (κ1) is 13.1. The van der Waals surface area contributed by atoms with Gasteiger partial charge >= 0.3 is 0 Å². The average Bonchev–Trinajstić information content (AvgIpc) is 2.33. The second-order valence-electron chi connectivity index (χ2n) is 3.71. The SMILES string of the molecule is COc1ccc(Nc2ccc(N)cc2Br)cc1Cl. The Kier molecular flexibility index (Phi) is 3.99. The van der Waals surface area contributed by atoms with Crippen molar-refractivity contribution in [3.63, 3.8) is 0 Å². The number of nitrogens with two attached hydrogens (primary N) is 1. The van der Waals surface area contributed by atoms with Crippen LogP contribution in [0.1, 0.15) is 0 Å². The standard InChI is InChI=1S/C13H12BrClN2O/c1-18-13-5-3-9(7-11(13)15)17-12-4-2-8(16)6-10(12)14/h2-7,17H,16H2,1H3. The summed E-state index contributed by atoms with van der Waals surface area (Å²) >= 11 is 9.52. The van der Waals surface area contributed by atoms with Gasteiger partial charge in [0.2, 0.25) is 0 Å². The number of nitrogen functional groups attached to an aromatic ring is 1. The van der Waals surface area contributed by atoms with Gasteiger partial charge in [0.25, 0.3) is 0 Å². The van der Waals surface area contributed by atoms with Crippen molar-refractivity contribution in [1.82, 2.24) is 0 Å². The predicted molar refractivity (Wildman–Crippen MR) is 79.8 cm³/mol. The molecule has 94 valence electrons. The van der Waals surface area contributed by atoms with Crippen molar-refractivity contribution in [2.75, 3.05) is 18.2 Å². The topological polar surface area (TPSA) is 47.3 Å². The van der Waals surface area contributed by atoms with E-state index in [9.17, 15) is 0 Å². The second kappa shape index (κ2) is 5.50. The molecule has 0 spiro atoms. The summed E-state index contributed by atoms with van der Waals surface area (Å²) < 4.78 is 6.00. The van der Waals surface area contributed by atoms with Crippen LogP contribution in [-0.2, 0) is 0 Å². The van der Waals surface area contributed by atoms with E-state index in [1.165, 1.54) is 0 Å². The molecule has 0 aliphatic heterocycles. The summed E-state index contributed by atoms with van der Waals surface area (Å²) in [4.78, 5) is 0. The molecule has 2 aromatic rings. The highest BCUT2D eigenvalue weighted by atomic mass is 79.9. The Morgan fingerprint density at radius 3 is 2.61 bits per heavy atom. The Bertz CT molecular complexity index is 575. The predicted octanol–water partition coefficient (Wildman–Crippen LogP) is 4.44. The summed E-state index contributed by atoms with van der Waals surface area (Å²) in [5, 5.41) is 3.81. The van der Waals surface area contributed by atoms with E-state index in [0.29, 0.717) is 16.5 Å². The molecule has 5 heteroatoms. The molecule has 3 nitrogen and oxygen atoms in total. The summed E-state index contributed by atoms with van der Waals surface area (Å²) in [5.74, 6) is 0.651. The van der Waals surface area contributed by atoms with E-state index in [0.717, 1.165) is 15.8 Å². The van der Waals surface area contributed by atoms with Gasteiger partial charge in [-0.15, -0.1) is 0 Å². The zero-order valence-corrected chi connectivity index (χ0v) is 12.0. The van der Waals surface area contributed by atoms with Gasteiger partial charge in [0.15, 0.2) is 0 Å². The quantitative estimate of drug-likeness (QED) is 0.819. The molecule has 2 aromatic carbocycles. The van der Waals surface area contributed by atoms with Crippen LogP contribution in [0, 0.1) is 0 Å². The normalized spacial score (nSPS) is 10.2. The molecule has 3 N–H and O–H groups in total. The van der Waals surface area contributed by atoms with Crippen molar-refractivity contribution in [3.05, 3.63) is 45.9 Å². The lowest BCUT2D eigenvalue weighted by atomic mass is 10.2. The minimum atomic E-state index is 0.564. The number of anilines is 3. The first-order valence-corrected chi connectivity index (χ1v) is 6.43. The van der Waals surface area contributed by atoms with Gasteiger partial charge in [-0.25, -0.2) is 0 Å². The van der Waals surface area contributed by atoms with E-state index in [1.54, 1.807) is 7.11 Å². The van der Waals surface area contributed by atoms with Crippen LogP contribution in [0.4, 0.5) is 17.1 Å². The Hall–Kier alpha value is -1.39. The molecule has 0 bridgehead atoms. The third-order valence-corrected chi connectivity index (χ3v) is 3.38. The van der Waals surface area contributed by atoms with Crippen molar-refractivity contribution in [3.8, 4) is 5.75 Å². The highest BCUT2D eigenvalue weighted by Crippen LogP contribution is 2.31. The number of rotatable bonds is 3. The summed E-state index contributed by atoms with van der Waals surface area (Å²) in [5.41, 5.74) is 8.20. The molecule has 0 radical (unpaired) electrons. The number of benzene rings is 2. The van der Waals surface area contributed by atoms with E-state index < -0.39 is 0 Å². The fourth-order valence-corrected chi connectivity index (χ4v) is 2.29.